The molecule has 2 aromatic rings. The number of pyridine rings is 1. The predicted octanol–water partition coefficient (Wildman–Crippen LogP) is 2.73. The molecule has 0 aliphatic carbocycles. The number of carbonyl (C=O) groups is 3. The maximum absolute atomic E-state index is 13.8. The summed E-state index contributed by atoms with van der Waals surface area (Å²) in [6.45, 7) is 0. The molecule has 2 N–H and O–H groups in total. The van der Waals surface area contributed by atoms with E-state index in [-0.39, 0.29) is 10.5 Å². The molecule has 0 bridgehead atoms. The summed E-state index contributed by atoms with van der Waals surface area (Å²) in [6, 6.07) is 3.56. The van der Waals surface area contributed by atoms with E-state index in [9.17, 15) is 40.7 Å². The van der Waals surface area contributed by atoms with Crippen molar-refractivity contribution < 1.29 is 45.5 Å². The van der Waals surface area contributed by atoms with E-state index in [0.717, 1.165) is 36.7 Å². The van der Waals surface area contributed by atoms with Crippen molar-refractivity contribution in [2.24, 2.45) is 0 Å². The summed E-state index contributed by atoms with van der Waals surface area (Å²) in [6.07, 6.45) is -8.23. The Morgan fingerprint density at radius 2 is 1.58 bits per heavy atom. The number of urea groups is 1. The number of imide groups is 1. The number of hydrogen-bond acceptors (Lipinski definition) is 5. The van der Waals surface area contributed by atoms with Crippen LogP contribution in [0.2, 0.25) is 0 Å². The topological polar surface area (TPSA) is 101 Å². The molecule has 0 radical (unpaired) electrons. The third-order valence-electron chi connectivity index (χ3n) is 4.02. The molecule has 1 saturated heterocycles. The second kappa shape index (κ2) is 7.45. The molecule has 0 saturated carbocycles. The van der Waals surface area contributed by atoms with Gasteiger partial charge < -0.3 is 10.1 Å². The van der Waals surface area contributed by atoms with E-state index in [1.807, 2.05) is 0 Å². The average molecular weight is 448 g/mol. The van der Waals surface area contributed by atoms with Gasteiger partial charge in [-0.05, 0) is 36.4 Å². The number of amides is 4. The average Bonchev–Trinajstić information content (AvgIpc) is 2.92. The van der Waals surface area contributed by atoms with Gasteiger partial charge in [0.2, 0.25) is 0 Å². The summed E-state index contributed by atoms with van der Waals surface area (Å²) in [5, 5.41) is 2.90. The Kier molecular flexibility index (Phi) is 5.25. The summed E-state index contributed by atoms with van der Waals surface area (Å²) < 4.78 is 81.8. The first-order chi connectivity index (χ1) is 14.3. The molecule has 0 spiro atoms. The van der Waals surface area contributed by atoms with Gasteiger partial charge in [-0.25, -0.2) is 9.69 Å². The summed E-state index contributed by atoms with van der Waals surface area (Å²) in [5.41, 5.74) is -4.56. The van der Waals surface area contributed by atoms with E-state index in [2.05, 4.69) is 9.72 Å². The minimum atomic E-state index is -5.46. The molecular weight excluding hydrogens is 438 g/mol. The van der Waals surface area contributed by atoms with Crippen molar-refractivity contribution in [2.45, 2.75) is 18.2 Å². The van der Waals surface area contributed by atoms with Crippen LogP contribution in [0, 0.1) is 0 Å². The van der Waals surface area contributed by atoms with Gasteiger partial charge in [0.15, 0.2) is 0 Å². The smallest absolute Gasteiger partial charge is 0.406 e. The highest BCUT2D eigenvalue weighted by atomic mass is 19.4. The van der Waals surface area contributed by atoms with Crippen LogP contribution in [-0.2, 0) is 4.79 Å². The van der Waals surface area contributed by atoms with Gasteiger partial charge in [0.1, 0.15) is 5.75 Å². The fraction of sp³-hybridized carbons (Fsp3) is 0.176. The molecule has 3 rings (SSSR count). The number of alkyl halides is 6. The van der Waals surface area contributed by atoms with Crippen molar-refractivity contribution in [2.75, 3.05) is 4.90 Å². The minimum absolute atomic E-state index is 0.0394. The van der Waals surface area contributed by atoms with Gasteiger partial charge in [-0.3, -0.25) is 19.9 Å². The zero-order valence-corrected chi connectivity index (χ0v) is 14.9. The van der Waals surface area contributed by atoms with E-state index < -0.39 is 47.5 Å². The van der Waals surface area contributed by atoms with E-state index in [0.29, 0.717) is 12.1 Å². The molecule has 2 heterocycles. The molecule has 164 valence electrons. The molecule has 1 fully saturated rings. The maximum atomic E-state index is 13.8. The highest BCUT2D eigenvalue weighted by molar-refractivity contribution is 6.24. The lowest BCUT2D eigenvalue weighted by molar-refractivity contribution is -0.274. The van der Waals surface area contributed by atoms with Gasteiger partial charge >= 0.3 is 18.6 Å². The van der Waals surface area contributed by atoms with Crippen molar-refractivity contribution >= 4 is 23.5 Å². The molecule has 1 aromatic heterocycles. The fourth-order valence-corrected chi connectivity index (χ4v) is 2.65. The second-order valence-corrected chi connectivity index (χ2v) is 6.05. The lowest BCUT2D eigenvalue weighted by Gasteiger charge is -2.29. The molecule has 0 unspecified atom stereocenters. The molecule has 1 aliphatic rings. The van der Waals surface area contributed by atoms with Gasteiger partial charge in [0.05, 0.1) is 5.69 Å². The quantitative estimate of drug-likeness (QED) is 0.554. The molecule has 4 amide bonds. The Bertz CT molecular complexity index is 1010. The van der Waals surface area contributed by atoms with Crippen LogP contribution in [0.3, 0.4) is 0 Å². The van der Waals surface area contributed by atoms with Crippen LogP contribution < -0.4 is 20.3 Å². The third kappa shape index (κ3) is 4.22. The monoisotopic (exact) mass is 448 g/mol. The van der Waals surface area contributed by atoms with Crippen LogP contribution in [0.5, 0.6) is 5.75 Å². The largest absolute Gasteiger partial charge is 0.573 e. The van der Waals surface area contributed by atoms with Gasteiger partial charge in [-0.15, -0.1) is 13.2 Å². The number of ether oxygens (including phenoxy) is 1. The van der Waals surface area contributed by atoms with Crippen LogP contribution in [0.15, 0.2) is 48.8 Å². The second-order valence-electron chi connectivity index (χ2n) is 6.05. The van der Waals surface area contributed by atoms with Gasteiger partial charge in [0, 0.05) is 18.0 Å². The van der Waals surface area contributed by atoms with Gasteiger partial charge in [0.25, 0.3) is 17.5 Å². The Hall–Kier alpha value is -3.84. The predicted molar refractivity (Wildman–Crippen MR) is 89.6 cm³/mol. The molecule has 1 aliphatic heterocycles. The summed E-state index contributed by atoms with van der Waals surface area (Å²) >= 11 is 0. The molecule has 1 atom stereocenters. The highest BCUT2D eigenvalue weighted by Crippen LogP contribution is 2.36. The summed E-state index contributed by atoms with van der Waals surface area (Å²) in [7, 11) is 0. The Morgan fingerprint density at radius 1 is 1.00 bits per heavy atom. The zero-order chi connectivity index (χ0) is 23.0. The van der Waals surface area contributed by atoms with E-state index >= 15 is 0 Å². The SMILES string of the molecule is O=C(N[C@]1(C(F)(F)F)NC(=O)N(c2ccc(OC(F)(F)F)cc2)C1=O)c1ccncc1. The van der Waals surface area contributed by atoms with E-state index in [4.69, 9.17) is 0 Å². The number of rotatable bonds is 4. The molecule has 8 nitrogen and oxygen atoms in total. The fourth-order valence-electron chi connectivity index (χ4n) is 2.65. The van der Waals surface area contributed by atoms with Crippen molar-refractivity contribution in [3.8, 4) is 5.75 Å². The van der Waals surface area contributed by atoms with Crippen LogP contribution in [-0.4, -0.2) is 41.0 Å². The Balaban J connectivity index is 1.93. The standard InChI is InChI=1S/C17H10F6N4O4/c18-16(19,20)15(25-12(28)9-5-7-24-8-6-9)13(29)27(14(30)26-15)10-1-3-11(4-2-10)31-17(21,22)23/h1-8H,(H,25,28)(H,26,30)/t15-/m0/s1. The Morgan fingerprint density at radius 3 is 2.10 bits per heavy atom. The lowest BCUT2D eigenvalue weighted by Crippen LogP contribution is -2.69. The van der Waals surface area contributed by atoms with Crippen LogP contribution >= 0.6 is 0 Å². The van der Waals surface area contributed by atoms with Crippen molar-refractivity contribution in [1.82, 2.24) is 15.6 Å². The van der Waals surface area contributed by atoms with E-state index in [1.54, 1.807) is 0 Å². The number of nitrogens with one attached hydrogen (secondary N) is 2. The van der Waals surface area contributed by atoms with Crippen LogP contribution in [0.25, 0.3) is 0 Å². The summed E-state index contributed by atoms with van der Waals surface area (Å²) in [5.74, 6) is -3.96. The number of anilines is 1. The first kappa shape index (κ1) is 21.9. The Labute approximate surface area is 168 Å². The number of benzene rings is 1. The number of nitrogens with zero attached hydrogens (tertiary/aromatic N) is 2. The van der Waals surface area contributed by atoms with Crippen LogP contribution in [0.1, 0.15) is 10.4 Å². The van der Waals surface area contributed by atoms with Gasteiger partial charge in [-0.2, -0.15) is 13.2 Å². The molecule has 31 heavy (non-hydrogen) atoms. The minimum Gasteiger partial charge on any atom is -0.406 e. The van der Waals surface area contributed by atoms with Crippen molar-refractivity contribution in [1.29, 1.82) is 0 Å². The number of carbonyl (C=O) groups excluding carboxylic acids is 3. The lowest BCUT2D eigenvalue weighted by atomic mass is 10.1. The normalized spacial score (nSPS) is 19.2. The van der Waals surface area contributed by atoms with Crippen LogP contribution in [0.4, 0.5) is 36.8 Å². The summed E-state index contributed by atoms with van der Waals surface area (Å²) in [4.78, 5) is 40.7. The van der Waals surface area contributed by atoms with Crippen molar-refractivity contribution in [3.63, 3.8) is 0 Å². The number of hydrogen-bond donors (Lipinski definition) is 2. The molecule has 1 aromatic carbocycles. The molecule has 14 heteroatoms. The highest BCUT2D eigenvalue weighted by Gasteiger charge is 2.69. The first-order valence-electron chi connectivity index (χ1n) is 8.16. The van der Waals surface area contributed by atoms with Gasteiger partial charge in [-0.1, -0.05) is 0 Å². The first-order valence-corrected chi connectivity index (χ1v) is 8.16. The molecular formula is C17H10F6N4O4. The number of halogens is 6. The number of aromatic nitrogens is 1. The third-order valence-corrected chi connectivity index (χ3v) is 4.02. The van der Waals surface area contributed by atoms with E-state index in [1.165, 1.54) is 10.6 Å². The van der Waals surface area contributed by atoms with Crippen molar-refractivity contribution in [3.05, 3.63) is 54.4 Å². The zero-order valence-electron chi connectivity index (χ0n) is 14.9. The maximum Gasteiger partial charge on any atom is 0.573 e.